The lowest BCUT2D eigenvalue weighted by Gasteiger charge is -2.09. The minimum absolute atomic E-state index is 0.427. The Balaban J connectivity index is 2.01. The molecule has 0 unspecified atom stereocenters. The molecule has 0 saturated carbocycles. The molecule has 0 radical (unpaired) electrons. The molecule has 0 aromatic heterocycles. The number of hydrogen-bond acceptors (Lipinski definition) is 2. The first kappa shape index (κ1) is 14.3. The summed E-state index contributed by atoms with van der Waals surface area (Å²) < 4.78 is 5.56. The fourth-order valence-corrected chi connectivity index (χ4v) is 2.03. The summed E-state index contributed by atoms with van der Waals surface area (Å²) in [6, 6.07) is 15.7. The lowest BCUT2D eigenvalue weighted by molar-refractivity contribution is 0.313. The third kappa shape index (κ3) is 3.92. The Morgan fingerprint density at radius 3 is 2.60 bits per heavy atom. The highest BCUT2D eigenvalue weighted by Crippen LogP contribution is 2.30. The standard InChI is InChI=1S/C15H14ClN3O/c16-14-11-13(12-5-2-1-3-6-12)7-8-15(14)20-10-4-9-18-19-17/h1-3,5-8,11H,4,9-10H2. The van der Waals surface area contributed by atoms with Crippen molar-refractivity contribution in [2.45, 2.75) is 6.42 Å². The van der Waals surface area contributed by atoms with Gasteiger partial charge in [0, 0.05) is 11.5 Å². The van der Waals surface area contributed by atoms with E-state index in [1.165, 1.54) is 0 Å². The lowest BCUT2D eigenvalue weighted by atomic mass is 10.1. The normalized spacial score (nSPS) is 9.85. The van der Waals surface area contributed by atoms with Crippen molar-refractivity contribution in [3.8, 4) is 16.9 Å². The van der Waals surface area contributed by atoms with Crippen molar-refractivity contribution in [2.75, 3.05) is 13.2 Å². The minimum Gasteiger partial charge on any atom is -0.492 e. The van der Waals surface area contributed by atoms with E-state index in [0.717, 1.165) is 11.1 Å². The molecule has 0 aliphatic heterocycles. The fourth-order valence-electron chi connectivity index (χ4n) is 1.79. The van der Waals surface area contributed by atoms with Crippen LogP contribution in [0.25, 0.3) is 21.6 Å². The Hall–Kier alpha value is -2.16. The lowest BCUT2D eigenvalue weighted by Crippen LogP contribution is -1.99. The molecule has 2 aromatic rings. The van der Waals surface area contributed by atoms with Crippen LogP contribution >= 0.6 is 11.6 Å². The summed E-state index contributed by atoms with van der Waals surface area (Å²) in [5, 5.41) is 4.03. The number of ether oxygens (including phenoxy) is 1. The summed E-state index contributed by atoms with van der Waals surface area (Å²) >= 11 is 6.21. The van der Waals surface area contributed by atoms with Crippen molar-refractivity contribution in [2.24, 2.45) is 5.11 Å². The van der Waals surface area contributed by atoms with Gasteiger partial charge in [-0.05, 0) is 35.2 Å². The van der Waals surface area contributed by atoms with Gasteiger partial charge in [-0.25, -0.2) is 0 Å². The molecule has 0 saturated heterocycles. The summed E-state index contributed by atoms with van der Waals surface area (Å²) in [6.07, 6.45) is 0.667. The maximum Gasteiger partial charge on any atom is 0.137 e. The molecule has 102 valence electrons. The van der Waals surface area contributed by atoms with E-state index in [9.17, 15) is 0 Å². The number of benzene rings is 2. The van der Waals surface area contributed by atoms with Crippen molar-refractivity contribution >= 4 is 11.6 Å². The first-order valence-corrected chi connectivity index (χ1v) is 6.67. The predicted octanol–water partition coefficient (Wildman–Crippen LogP) is 5.09. The molecule has 0 N–H and O–H groups in total. The van der Waals surface area contributed by atoms with Crippen LogP contribution in [0.3, 0.4) is 0 Å². The predicted molar refractivity (Wildman–Crippen MR) is 81.0 cm³/mol. The van der Waals surface area contributed by atoms with Gasteiger partial charge in [-0.3, -0.25) is 0 Å². The third-order valence-electron chi connectivity index (χ3n) is 2.76. The number of halogens is 1. The van der Waals surface area contributed by atoms with Crippen LogP contribution in [-0.2, 0) is 0 Å². The molecular formula is C15H14ClN3O. The van der Waals surface area contributed by atoms with Gasteiger partial charge < -0.3 is 4.74 Å². The smallest absolute Gasteiger partial charge is 0.137 e. The maximum atomic E-state index is 8.16. The van der Waals surface area contributed by atoms with Crippen LogP contribution in [0.4, 0.5) is 0 Å². The third-order valence-corrected chi connectivity index (χ3v) is 3.06. The average Bonchev–Trinajstić information content (AvgIpc) is 2.49. The highest BCUT2D eigenvalue weighted by atomic mass is 35.5. The van der Waals surface area contributed by atoms with Gasteiger partial charge in [0.05, 0.1) is 11.6 Å². The van der Waals surface area contributed by atoms with Gasteiger partial charge >= 0.3 is 0 Å². The summed E-state index contributed by atoms with van der Waals surface area (Å²) in [7, 11) is 0. The van der Waals surface area contributed by atoms with Crippen molar-refractivity contribution < 1.29 is 4.74 Å². The Bertz CT molecular complexity index is 610. The molecule has 2 aromatic carbocycles. The van der Waals surface area contributed by atoms with Crippen LogP contribution < -0.4 is 4.74 Å². The highest BCUT2D eigenvalue weighted by Gasteiger charge is 2.04. The van der Waals surface area contributed by atoms with E-state index in [1.54, 1.807) is 0 Å². The Morgan fingerprint density at radius 1 is 1.10 bits per heavy atom. The molecule has 2 rings (SSSR count). The molecule has 0 fully saturated rings. The van der Waals surface area contributed by atoms with Crippen molar-refractivity contribution in [3.63, 3.8) is 0 Å². The number of nitrogens with zero attached hydrogens (tertiary/aromatic N) is 3. The van der Waals surface area contributed by atoms with Crippen LogP contribution in [0.2, 0.25) is 5.02 Å². The molecule has 20 heavy (non-hydrogen) atoms. The zero-order valence-electron chi connectivity index (χ0n) is 10.9. The number of azide groups is 1. The van der Waals surface area contributed by atoms with Crippen LogP contribution in [-0.4, -0.2) is 13.2 Å². The molecule has 0 atom stereocenters. The van der Waals surface area contributed by atoms with Crippen LogP contribution in [0, 0.1) is 0 Å². The van der Waals surface area contributed by atoms with E-state index < -0.39 is 0 Å². The van der Waals surface area contributed by atoms with Gasteiger partial charge in [-0.1, -0.05) is 53.1 Å². The van der Waals surface area contributed by atoms with Gasteiger partial charge in [0.25, 0.3) is 0 Å². The Kier molecular flexibility index (Phi) is 5.30. The van der Waals surface area contributed by atoms with E-state index in [2.05, 4.69) is 10.0 Å². The molecule has 4 nitrogen and oxygen atoms in total. The SMILES string of the molecule is [N-]=[N+]=NCCCOc1ccc(-c2ccccc2)cc1Cl. The van der Waals surface area contributed by atoms with Crippen LogP contribution in [0.1, 0.15) is 6.42 Å². The summed E-state index contributed by atoms with van der Waals surface area (Å²) in [5.74, 6) is 0.646. The van der Waals surface area contributed by atoms with E-state index in [0.29, 0.717) is 30.3 Å². The van der Waals surface area contributed by atoms with Crippen LogP contribution in [0.15, 0.2) is 53.6 Å². The van der Waals surface area contributed by atoms with Crippen LogP contribution in [0.5, 0.6) is 5.75 Å². The quantitative estimate of drug-likeness (QED) is 0.316. The molecule has 0 aliphatic carbocycles. The fraction of sp³-hybridized carbons (Fsp3) is 0.200. The molecule has 0 amide bonds. The first-order valence-electron chi connectivity index (χ1n) is 6.30. The second-order valence-electron chi connectivity index (χ2n) is 4.17. The van der Waals surface area contributed by atoms with Gasteiger partial charge in [0.1, 0.15) is 5.75 Å². The maximum absolute atomic E-state index is 8.16. The number of rotatable bonds is 6. The van der Waals surface area contributed by atoms with Gasteiger partial charge in [-0.15, -0.1) is 0 Å². The largest absolute Gasteiger partial charge is 0.492 e. The first-order chi connectivity index (χ1) is 9.81. The monoisotopic (exact) mass is 287 g/mol. The average molecular weight is 288 g/mol. The van der Waals surface area contributed by atoms with Gasteiger partial charge in [0.15, 0.2) is 0 Å². The Morgan fingerprint density at radius 2 is 1.90 bits per heavy atom. The molecule has 0 aliphatic rings. The van der Waals surface area contributed by atoms with E-state index >= 15 is 0 Å². The van der Waals surface area contributed by atoms with Crippen molar-refractivity contribution in [1.82, 2.24) is 0 Å². The highest BCUT2D eigenvalue weighted by molar-refractivity contribution is 6.32. The summed E-state index contributed by atoms with van der Waals surface area (Å²) in [6.45, 7) is 0.902. The van der Waals surface area contributed by atoms with E-state index in [-0.39, 0.29) is 0 Å². The zero-order valence-corrected chi connectivity index (χ0v) is 11.6. The molecule has 0 bridgehead atoms. The van der Waals surface area contributed by atoms with Gasteiger partial charge in [-0.2, -0.15) is 0 Å². The van der Waals surface area contributed by atoms with Crippen molar-refractivity contribution in [1.29, 1.82) is 0 Å². The van der Waals surface area contributed by atoms with Gasteiger partial charge in [0.2, 0.25) is 0 Å². The van der Waals surface area contributed by atoms with E-state index in [1.807, 2.05) is 48.5 Å². The second kappa shape index (κ2) is 7.43. The summed E-state index contributed by atoms with van der Waals surface area (Å²) in [4.78, 5) is 2.69. The molecule has 5 heteroatoms. The molecular weight excluding hydrogens is 274 g/mol. The zero-order chi connectivity index (χ0) is 14.2. The summed E-state index contributed by atoms with van der Waals surface area (Å²) in [5.41, 5.74) is 10.3. The molecule has 0 heterocycles. The Labute approximate surface area is 122 Å². The minimum atomic E-state index is 0.427. The van der Waals surface area contributed by atoms with E-state index in [4.69, 9.17) is 21.9 Å². The number of hydrogen-bond donors (Lipinski definition) is 0. The van der Waals surface area contributed by atoms with Crippen molar-refractivity contribution in [3.05, 3.63) is 64.0 Å². The molecule has 0 spiro atoms. The topological polar surface area (TPSA) is 58.0 Å². The second-order valence-corrected chi connectivity index (χ2v) is 4.57.